The standard InChI is InChI=1S/C20H18N6O2S/c1-26-15(23-24-20(26)29)10-21-18(27)13-9-14(11-7-8-11)22-19-16(13)17(25-28-19)12-5-3-2-4-6-12/h2-6,9,11H,7-8,10H2,1H3,(H,21,27)(H,24,29). The van der Waals surface area contributed by atoms with Crippen LogP contribution in [0.25, 0.3) is 22.4 Å². The number of aromatic amines is 1. The fourth-order valence-corrected chi connectivity index (χ4v) is 3.47. The molecule has 0 bridgehead atoms. The molecule has 3 aromatic heterocycles. The number of nitrogens with one attached hydrogen (secondary N) is 2. The highest BCUT2D eigenvalue weighted by Crippen LogP contribution is 2.41. The number of hydrogen-bond acceptors (Lipinski definition) is 6. The Hall–Kier alpha value is -3.33. The lowest BCUT2D eigenvalue weighted by Crippen LogP contribution is -2.25. The highest BCUT2D eigenvalue weighted by Gasteiger charge is 2.29. The normalized spacial score (nSPS) is 13.7. The Morgan fingerprint density at radius 1 is 1.34 bits per heavy atom. The fraction of sp³-hybridized carbons (Fsp3) is 0.250. The quantitative estimate of drug-likeness (QED) is 0.492. The summed E-state index contributed by atoms with van der Waals surface area (Å²) in [5, 5.41) is 14.6. The van der Waals surface area contributed by atoms with Gasteiger partial charge in [-0.05, 0) is 31.1 Å². The van der Waals surface area contributed by atoms with Gasteiger partial charge < -0.3 is 14.4 Å². The molecule has 0 unspecified atom stereocenters. The van der Waals surface area contributed by atoms with Gasteiger partial charge in [0.1, 0.15) is 5.69 Å². The zero-order valence-electron chi connectivity index (χ0n) is 15.7. The molecule has 0 saturated heterocycles. The van der Waals surface area contributed by atoms with Crippen LogP contribution in [-0.4, -0.2) is 30.8 Å². The highest BCUT2D eigenvalue weighted by atomic mass is 32.1. The number of pyridine rings is 1. The van der Waals surface area contributed by atoms with Crippen LogP contribution in [0.2, 0.25) is 0 Å². The van der Waals surface area contributed by atoms with E-state index in [2.05, 4.69) is 25.7 Å². The Morgan fingerprint density at radius 2 is 2.14 bits per heavy atom. The molecule has 0 aliphatic heterocycles. The number of fused-ring (bicyclic) bond motifs is 1. The largest absolute Gasteiger partial charge is 0.345 e. The van der Waals surface area contributed by atoms with Gasteiger partial charge in [-0.25, -0.2) is 4.98 Å². The zero-order chi connectivity index (χ0) is 20.0. The number of carbonyl (C=O) groups excluding carboxylic acids is 1. The first kappa shape index (κ1) is 17.7. The Bertz CT molecular complexity index is 1270. The number of nitrogens with zero attached hydrogens (tertiary/aromatic N) is 4. The van der Waals surface area contributed by atoms with Crippen molar-refractivity contribution in [3.05, 3.63) is 58.3 Å². The van der Waals surface area contributed by atoms with Crippen molar-refractivity contribution in [2.75, 3.05) is 0 Å². The summed E-state index contributed by atoms with van der Waals surface area (Å²) in [7, 11) is 1.80. The van der Waals surface area contributed by atoms with Crippen molar-refractivity contribution in [1.82, 2.24) is 30.2 Å². The van der Waals surface area contributed by atoms with E-state index in [0.29, 0.717) is 38.9 Å². The van der Waals surface area contributed by atoms with Gasteiger partial charge in [-0.3, -0.25) is 9.89 Å². The molecule has 5 rings (SSSR count). The van der Waals surface area contributed by atoms with Crippen LogP contribution in [0.4, 0.5) is 0 Å². The molecule has 1 aliphatic rings. The van der Waals surface area contributed by atoms with Crippen molar-refractivity contribution < 1.29 is 9.32 Å². The van der Waals surface area contributed by atoms with Gasteiger partial charge >= 0.3 is 0 Å². The first-order valence-corrected chi connectivity index (χ1v) is 9.77. The molecule has 0 radical (unpaired) electrons. The van der Waals surface area contributed by atoms with Gasteiger partial charge in [0.05, 0.1) is 17.5 Å². The number of amides is 1. The van der Waals surface area contributed by atoms with E-state index in [0.717, 1.165) is 24.1 Å². The third kappa shape index (κ3) is 3.23. The van der Waals surface area contributed by atoms with Crippen LogP contribution >= 0.6 is 12.2 Å². The van der Waals surface area contributed by atoms with E-state index in [9.17, 15) is 4.79 Å². The summed E-state index contributed by atoms with van der Waals surface area (Å²) < 4.78 is 7.75. The average Bonchev–Trinajstić information content (AvgIpc) is 3.44. The third-order valence-corrected chi connectivity index (χ3v) is 5.50. The molecule has 0 atom stereocenters. The summed E-state index contributed by atoms with van der Waals surface area (Å²) in [6.07, 6.45) is 2.15. The lowest BCUT2D eigenvalue weighted by molar-refractivity contribution is 0.0951. The number of carbonyl (C=O) groups is 1. The Morgan fingerprint density at radius 3 is 2.83 bits per heavy atom. The molecular weight excluding hydrogens is 388 g/mol. The van der Waals surface area contributed by atoms with E-state index in [4.69, 9.17) is 16.7 Å². The van der Waals surface area contributed by atoms with Gasteiger partial charge in [-0.15, -0.1) is 0 Å². The summed E-state index contributed by atoms with van der Waals surface area (Å²) in [5.41, 5.74) is 3.25. The van der Waals surface area contributed by atoms with Crippen LogP contribution in [0.1, 0.15) is 40.6 Å². The number of rotatable bonds is 5. The Labute approximate surface area is 170 Å². The molecule has 1 saturated carbocycles. The summed E-state index contributed by atoms with van der Waals surface area (Å²) in [4.78, 5) is 17.8. The van der Waals surface area contributed by atoms with Crippen LogP contribution in [0.15, 0.2) is 40.9 Å². The first-order valence-electron chi connectivity index (χ1n) is 9.36. The molecule has 1 amide bonds. The number of aromatic nitrogens is 5. The lowest BCUT2D eigenvalue weighted by Gasteiger charge is -2.08. The minimum atomic E-state index is -0.228. The molecule has 3 heterocycles. The van der Waals surface area contributed by atoms with E-state index in [1.807, 2.05) is 36.4 Å². The minimum absolute atomic E-state index is 0.228. The van der Waals surface area contributed by atoms with Gasteiger partial charge in [-0.2, -0.15) is 5.10 Å². The van der Waals surface area contributed by atoms with Gasteiger partial charge in [0.2, 0.25) is 0 Å². The molecule has 29 heavy (non-hydrogen) atoms. The maximum atomic E-state index is 13.1. The molecule has 8 nitrogen and oxygen atoms in total. The zero-order valence-corrected chi connectivity index (χ0v) is 16.5. The van der Waals surface area contributed by atoms with Crippen molar-refractivity contribution in [3.8, 4) is 11.3 Å². The number of H-pyrrole nitrogens is 1. The number of hydrogen-bond donors (Lipinski definition) is 2. The predicted octanol–water partition coefficient (Wildman–Crippen LogP) is 3.49. The Balaban J connectivity index is 1.56. The summed E-state index contributed by atoms with van der Waals surface area (Å²) in [5.74, 6) is 0.793. The number of benzene rings is 1. The van der Waals surface area contributed by atoms with Crippen LogP contribution in [0, 0.1) is 4.77 Å². The second kappa shape index (κ2) is 6.93. The van der Waals surface area contributed by atoms with Crippen molar-refractivity contribution in [3.63, 3.8) is 0 Å². The molecule has 0 spiro atoms. The minimum Gasteiger partial charge on any atom is -0.345 e. The fourth-order valence-electron chi connectivity index (χ4n) is 3.32. The SMILES string of the molecule is Cn1c(CNC(=O)c2cc(C3CC3)nc3onc(-c4ccccc4)c23)n[nH]c1=S. The molecule has 9 heteroatoms. The maximum absolute atomic E-state index is 13.1. The van der Waals surface area contributed by atoms with Gasteiger partial charge in [-0.1, -0.05) is 35.5 Å². The van der Waals surface area contributed by atoms with E-state index in [1.165, 1.54) is 0 Å². The Kier molecular flexibility index (Phi) is 4.24. The maximum Gasteiger partial charge on any atom is 0.259 e. The molecule has 1 aliphatic carbocycles. The molecule has 2 N–H and O–H groups in total. The second-order valence-electron chi connectivity index (χ2n) is 7.13. The topological polar surface area (TPSA) is 102 Å². The molecule has 146 valence electrons. The van der Waals surface area contributed by atoms with Crippen LogP contribution in [0.5, 0.6) is 0 Å². The summed E-state index contributed by atoms with van der Waals surface area (Å²) >= 11 is 5.13. The van der Waals surface area contributed by atoms with E-state index in [1.54, 1.807) is 11.6 Å². The lowest BCUT2D eigenvalue weighted by atomic mass is 10.0. The molecule has 1 fully saturated rings. The molecule has 4 aromatic rings. The predicted molar refractivity (Wildman–Crippen MR) is 109 cm³/mol. The van der Waals surface area contributed by atoms with Crippen LogP contribution < -0.4 is 5.32 Å². The van der Waals surface area contributed by atoms with E-state index >= 15 is 0 Å². The average molecular weight is 406 g/mol. The van der Waals surface area contributed by atoms with Gasteiger partial charge in [0.25, 0.3) is 11.6 Å². The van der Waals surface area contributed by atoms with E-state index in [-0.39, 0.29) is 12.5 Å². The summed E-state index contributed by atoms with van der Waals surface area (Å²) in [6.45, 7) is 0.247. The highest BCUT2D eigenvalue weighted by molar-refractivity contribution is 7.71. The van der Waals surface area contributed by atoms with Crippen molar-refractivity contribution in [2.45, 2.75) is 25.3 Å². The van der Waals surface area contributed by atoms with Crippen molar-refractivity contribution in [1.29, 1.82) is 0 Å². The third-order valence-electron chi connectivity index (χ3n) is 5.13. The second-order valence-corrected chi connectivity index (χ2v) is 7.52. The van der Waals surface area contributed by atoms with Crippen LogP contribution in [-0.2, 0) is 13.6 Å². The van der Waals surface area contributed by atoms with Crippen LogP contribution in [0.3, 0.4) is 0 Å². The summed E-state index contributed by atoms with van der Waals surface area (Å²) in [6, 6.07) is 11.5. The van der Waals surface area contributed by atoms with Gasteiger partial charge in [0.15, 0.2) is 10.6 Å². The van der Waals surface area contributed by atoms with Gasteiger partial charge in [0, 0.05) is 24.2 Å². The first-order chi connectivity index (χ1) is 14.1. The molecule has 1 aromatic carbocycles. The smallest absolute Gasteiger partial charge is 0.259 e. The monoisotopic (exact) mass is 406 g/mol. The van der Waals surface area contributed by atoms with Crippen molar-refractivity contribution in [2.24, 2.45) is 7.05 Å². The van der Waals surface area contributed by atoms with Crippen molar-refractivity contribution >= 4 is 29.2 Å². The molecular formula is C20H18N6O2S. The van der Waals surface area contributed by atoms with E-state index < -0.39 is 0 Å².